The number of hydrogen-bond acceptors (Lipinski definition) is 5. The molecule has 0 spiro atoms. The number of amides is 1. The summed E-state index contributed by atoms with van der Waals surface area (Å²) in [5.41, 5.74) is 1.70. The van der Waals surface area contributed by atoms with Crippen molar-refractivity contribution in [1.82, 2.24) is 15.3 Å². The van der Waals surface area contributed by atoms with Crippen LogP contribution in [0.2, 0.25) is 0 Å². The van der Waals surface area contributed by atoms with Crippen molar-refractivity contribution in [2.24, 2.45) is 0 Å². The molecule has 6 heteroatoms. The van der Waals surface area contributed by atoms with Crippen LogP contribution in [0.1, 0.15) is 18.7 Å². The van der Waals surface area contributed by atoms with Gasteiger partial charge in [-0.2, -0.15) is 0 Å². The van der Waals surface area contributed by atoms with Gasteiger partial charge in [-0.3, -0.25) is 4.79 Å². The summed E-state index contributed by atoms with van der Waals surface area (Å²) in [6, 6.07) is 17.4. The van der Waals surface area contributed by atoms with Crippen molar-refractivity contribution >= 4 is 39.5 Å². The van der Waals surface area contributed by atoms with E-state index in [1.54, 1.807) is 0 Å². The van der Waals surface area contributed by atoms with Gasteiger partial charge in [-0.1, -0.05) is 48.2 Å². The number of fused-ring (bicyclic) bond motifs is 2. The van der Waals surface area contributed by atoms with E-state index in [0.717, 1.165) is 32.7 Å². The van der Waals surface area contributed by atoms with Crippen molar-refractivity contribution in [1.29, 1.82) is 0 Å². The molecule has 0 aliphatic rings. The Morgan fingerprint density at radius 1 is 1.15 bits per heavy atom. The Kier molecular flexibility index (Phi) is 4.58. The molecule has 130 valence electrons. The minimum Gasteiger partial charge on any atom is -0.459 e. The number of thioether (sulfide) groups is 1. The number of rotatable bonds is 5. The van der Waals surface area contributed by atoms with Gasteiger partial charge in [0.25, 0.3) is 0 Å². The Morgan fingerprint density at radius 2 is 1.96 bits per heavy atom. The number of furan rings is 1. The highest BCUT2D eigenvalue weighted by Gasteiger charge is 2.15. The molecule has 26 heavy (non-hydrogen) atoms. The van der Waals surface area contributed by atoms with E-state index in [1.165, 1.54) is 18.1 Å². The van der Waals surface area contributed by atoms with Gasteiger partial charge in [-0.15, -0.1) is 0 Å². The molecule has 0 saturated heterocycles. The third-order valence-electron chi connectivity index (χ3n) is 4.10. The lowest BCUT2D eigenvalue weighted by atomic mass is 10.2. The van der Waals surface area contributed by atoms with E-state index in [2.05, 4.69) is 15.3 Å². The maximum Gasteiger partial charge on any atom is 0.230 e. The molecule has 2 aromatic heterocycles. The van der Waals surface area contributed by atoms with Crippen LogP contribution in [-0.2, 0) is 4.79 Å². The van der Waals surface area contributed by atoms with E-state index >= 15 is 0 Å². The first-order valence-corrected chi connectivity index (χ1v) is 9.29. The summed E-state index contributed by atoms with van der Waals surface area (Å²) in [4.78, 5) is 20.9. The number of para-hydroxylation sites is 2. The molecule has 4 aromatic rings. The maximum atomic E-state index is 12.3. The van der Waals surface area contributed by atoms with E-state index < -0.39 is 0 Å². The van der Waals surface area contributed by atoms with E-state index in [9.17, 15) is 4.79 Å². The number of aromatic nitrogens is 2. The van der Waals surface area contributed by atoms with E-state index in [4.69, 9.17) is 4.42 Å². The molecule has 1 amide bonds. The van der Waals surface area contributed by atoms with Crippen LogP contribution in [0, 0.1) is 0 Å². The Balaban J connectivity index is 1.42. The average molecular weight is 363 g/mol. The summed E-state index contributed by atoms with van der Waals surface area (Å²) in [6.07, 6.45) is 1.53. The zero-order valence-electron chi connectivity index (χ0n) is 14.2. The molecule has 0 saturated carbocycles. The summed E-state index contributed by atoms with van der Waals surface area (Å²) < 4.78 is 5.81. The van der Waals surface area contributed by atoms with Gasteiger partial charge in [0.05, 0.1) is 17.3 Å². The number of carbonyl (C=O) groups is 1. The van der Waals surface area contributed by atoms with Crippen molar-refractivity contribution in [2.75, 3.05) is 5.75 Å². The molecule has 5 nitrogen and oxygen atoms in total. The van der Waals surface area contributed by atoms with Crippen LogP contribution in [0.15, 0.2) is 70.4 Å². The van der Waals surface area contributed by atoms with Crippen LogP contribution >= 0.6 is 11.8 Å². The lowest BCUT2D eigenvalue weighted by molar-refractivity contribution is -0.119. The fraction of sp³-hybridized carbons (Fsp3) is 0.150. The van der Waals surface area contributed by atoms with Gasteiger partial charge in [0.1, 0.15) is 22.7 Å². The summed E-state index contributed by atoms with van der Waals surface area (Å²) in [7, 11) is 0. The zero-order valence-corrected chi connectivity index (χ0v) is 15.0. The molecule has 0 fully saturated rings. The van der Waals surface area contributed by atoms with Gasteiger partial charge in [0, 0.05) is 10.8 Å². The molecule has 2 aromatic carbocycles. The topological polar surface area (TPSA) is 68.0 Å². The van der Waals surface area contributed by atoms with Crippen LogP contribution in [0.3, 0.4) is 0 Å². The highest BCUT2D eigenvalue weighted by Crippen LogP contribution is 2.25. The maximum absolute atomic E-state index is 12.3. The van der Waals surface area contributed by atoms with Gasteiger partial charge in [0.15, 0.2) is 0 Å². The number of benzene rings is 2. The van der Waals surface area contributed by atoms with E-state index in [1.807, 2.05) is 61.5 Å². The second kappa shape index (κ2) is 7.17. The predicted octanol–water partition coefficient (Wildman–Crippen LogP) is 4.35. The molecular formula is C20H17N3O2S. The SMILES string of the molecule is C[C@H](NC(=O)CSc1ncnc2ccccc12)c1cc2ccccc2o1. The van der Waals surface area contributed by atoms with Crippen LogP contribution in [0.4, 0.5) is 0 Å². The van der Waals surface area contributed by atoms with Crippen molar-refractivity contribution in [3.63, 3.8) is 0 Å². The first-order valence-electron chi connectivity index (χ1n) is 8.31. The van der Waals surface area contributed by atoms with Crippen LogP contribution in [-0.4, -0.2) is 21.6 Å². The van der Waals surface area contributed by atoms with Gasteiger partial charge in [0.2, 0.25) is 5.91 Å². The molecule has 1 N–H and O–H groups in total. The molecule has 0 bridgehead atoms. The predicted molar refractivity (Wildman–Crippen MR) is 103 cm³/mol. The van der Waals surface area contributed by atoms with Gasteiger partial charge in [-0.25, -0.2) is 9.97 Å². The fourth-order valence-electron chi connectivity index (χ4n) is 2.80. The number of hydrogen-bond donors (Lipinski definition) is 1. The third-order valence-corrected chi connectivity index (χ3v) is 5.10. The van der Waals surface area contributed by atoms with Crippen molar-refractivity contribution < 1.29 is 9.21 Å². The Labute approximate surface area is 154 Å². The monoisotopic (exact) mass is 363 g/mol. The van der Waals surface area contributed by atoms with Crippen molar-refractivity contribution in [2.45, 2.75) is 18.0 Å². The summed E-state index contributed by atoms with van der Waals surface area (Å²) in [5.74, 6) is 0.966. The van der Waals surface area contributed by atoms with Crippen molar-refractivity contribution in [3.8, 4) is 0 Å². The molecule has 0 radical (unpaired) electrons. The number of nitrogens with one attached hydrogen (secondary N) is 1. The first kappa shape index (κ1) is 16.6. The molecule has 0 unspecified atom stereocenters. The normalized spacial score (nSPS) is 12.3. The largest absolute Gasteiger partial charge is 0.459 e. The van der Waals surface area contributed by atoms with Gasteiger partial charge in [-0.05, 0) is 25.1 Å². The Hall–Kier alpha value is -2.86. The lowest BCUT2D eigenvalue weighted by Crippen LogP contribution is -2.27. The Bertz CT molecular complexity index is 1040. The van der Waals surface area contributed by atoms with Crippen LogP contribution < -0.4 is 5.32 Å². The third kappa shape index (κ3) is 3.41. The van der Waals surface area contributed by atoms with Crippen LogP contribution in [0.5, 0.6) is 0 Å². The number of nitrogens with zero attached hydrogens (tertiary/aromatic N) is 2. The summed E-state index contributed by atoms with van der Waals surface area (Å²) in [6.45, 7) is 1.92. The quantitative estimate of drug-likeness (QED) is 0.422. The van der Waals surface area contributed by atoms with Crippen LogP contribution in [0.25, 0.3) is 21.9 Å². The van der Waals surface area contributed by atoms with Crippen molar-refractivity contribution in [3.05, 3.63) is 66.7 Å². The first-order chi connectivity index (χ1) is 12.7. The molecule has 4 rings (SSSR count). The molecule has 0 aliphatic heterocycles. The molecule has 2 heterocycles. The van der Waals surface area contributed by atoms with E-state index in [-0.39, 0.29) is 17.7 Å². The second-order valence-electron chi connectivity index (χ2n) is 5.96. The highest BCUT2D eigenvalue weighted by atomic mass is 32.2. The molecule has 0 aliphatic carbocycles. The summed E-state index contributed by atoms with van der Waals surface area (Å²) in [5, 5.41) is 5.78. The smallest absolute Gasteiger partial charge is 0.230 e. The standard InChI is InChI=1S/C20H17N3O2S/c1-13(18-10-14-6-2-5-9-17(14)25-18)23-19(24)11-26-20-15-7-3-4-8-16(15)21-12-22-20/h2-10,12-13H,11H2,1H3,(H,23,24)/t13-/m0/s1. The lowest BCUT2D eigenvalue weighted by Gasteiger charge is -2.11. The summed E-state index contributed by atoms with van der Waals surface area (Å²) >= 11 is 1.41. The highest BCUT2D eigenvalue weighted by molar-refractivity contribution is 8.00. The Morgan fingerprint density at radius 3 is 2.85 bits per heavy atom. The average Bonchev–Trinajstić information content (AvgIpc) is 3.11. The number of carbonyl (C=O) groups excluding carboxylic acids is 1. The second-order valence-corrected chi connectivity index (χ2v) is 6.92. The van der Waals surface area contributed by atoms with E-state index in [0.29, 0.717) is 0 Å². The molecule has 1 atom stereocenters. The molecular weight excluding hydrogens is 346 g/mol. The zero-order chi connectivity index (χ0) is 17.9. The fourth-order valence-corrected chi connectivity index (χ4v) is 3.60. The van der Waals surface area contributed by atoms with Gasteiger partial charge >= 0.3 is 0 Å². The van der Waals surface area contributed by atoms with Gasteiger partial charge < -0.3 is 9.73 Å². The minimum atomic E-state index is -0.197. The minimum absolute atomic E-state index is 0.0642.